The summed E-state index contributed by atoms with van der Waals surface area (Å²) in [5.41, 5.74) is 13.8. The molecule has 2 nitrogen and oxygen atoms in total. The van der Waals surface area contributed by atoms with E-state index in [0.29, 0.717) is 6.54 Å². The second kappa shape index (κ2) is 4.01. The number of fused-ring (bicyclic) bond motifs is 1. The Morgan fingerprint density at radius 3 is 2.53 bits per heavy atom. The monoisotopic (exact) mass is 200 g/mol. The molecule has 0 unspecified atom stereocenters. The van der Waals surface area contributed by atoms with Gasteiger partial charge >= 0.3 is 0 Å². The maximum atomic E-state index is 5.90. The van der Waals surface area contributed by atoms with E-state index < -0.39 is 0 Å². The molecule has 1 atom stereocenters. The van der Waals surface area contributed by atoms with Gasteiger partial charge in [0.15, 0.2) is 0 Å². The van der Waals surface area contributed by atoms with Gasteiger partial charge in [-0.2, -0.15) is 0 Å². The molecular formula is C13H16N2. The largest absolute Gasteiger partial charge is 0.329 e. The van der Waals surface area contributed by atoms with E-state index in [4.69, 9.17) is 11.5 Å². The zero-order chi connectivity index (χ0) is 10.8. The molecule has 0 radical (unpaired) electrons. The molecule has 0 bridgehead atoms. The van der Waals surface area contributed by atoms with Crippen LogP contribution in [0.5, 0.6) is 0 Å². The van der Waals surface area contributed by atoms with Crippen LogP contribution in [0.3, 0.4) is 0 Å². The SMILES string of the molecule is Cc1ccc2ccc([C@H](N)CN)cc2c1. The van der Waals surface area contributed by atoms with Gasteiger partial charge in [-0.05, 0) is 29.3 Å². The van der Waals surface area contributed by atoms with E-state index in [9.17, 15) is 0 Å². The van der Waals surface area contributed by atoms with Gasteiger partial charge in [0.2, 0.25) is 0 Å². The van der Waals surface area contributed by atoms with Crippen molar-refractivity contribution in [2.75, 3.05) is 6.54 Å². The normalized spacial score (nSPS) is 13.0. The van der Waals surface area contributed by atoms with E-state index >= 15 is 0 Å². The summed E-state index contributed by atoms with van der Waals surface area (Å²) in [6.45, 7) is 2.58. The van der Waals surface area contributed by atoms with E-state index in [-0.39, 0.29) is 6.04 Å². The van der Waals surface area contributed by atoms with E-state index in [2.05, 4.69) is 43.3 Å². The third-order valence-corrected chi connectivity index (χ3v) is 2.70. The van der Waals surface area contributed by atoms with E-state index in [1.54, 1.807) is 0 Å². The molecule has 2 heteroatoms. The second-order valence-electron chi connectivity index (χ2n) is 3.95. The summed E-state index contributed by atoms with van der Waals surface area (Å²) < 4.78 is 0. The zero-order valence-electron chi connectivity index (χ0n) is 8.90. The Labute approximate surface area is 89.9 Å². The number of aryl methyl sites for hydroxylation is 1. The lowest BCUT2D eigenvalue weighted by Crippen LogP contribution is -2.20. The summed E-state index contributed by atoms with van der Waals surface area (Å²) in [7, 11) is 0. The molecule has 0 fully saturated rings. The van der Waals surface area contributed by atoms with E-state index in [1.807, 2.05) is 0 Å². The molecule has 0 saturated carbocycles. The maximum Gasteiger partial charge on any atom is 0.0419 e. The lowest BCUT2D eigenvalue weighted by Gasteiger charge is -2.10. The minimum atomic E-state index is -0.0603. The first-order chi connectivity index (χ1) is 7.20. The lowest BCUT2D eigenvalue weighted by atomic mass is 10.0. The fraction of sp³-hybridized carbons (Fsp3) is 0.231. The highest BCUT2D eigenvalue weighted by molar-refractivity contribution is 5.83. The van der Waals surface area contributed by atoms with Gasteiger partial charge < -0.3 is 11.5 Å². The van der Waals surface area contributed by atoms with Crippen molar-refractivity contribution in [3.05, 3.63) is 47.5 Å². The highest BCUT2D eigenvalue weighted by Crippen LogP contribution is 2.20. The van der Waals surface area contributed by atoms with Crippen LogP contribution in [0.15, 0.2) is 36.4 Å². The molecule has 78 valence electrons. The number of hydrogen-bond donors (Lipinski definition) is 2. The van der Waals surface area contributed by atoms with Crippen LogP contribution in [-0.2, 0) is 0 Å². The molecule has 4 N–H and O–H groups in total. The minimum absolute atomic E-state index is 0.0603. The first-order valence-corrected chi connectivity index (χ1v) is 5.16. The Morgan fingerprint density at radius 2 is 1.80 bits per heavy atom. The number of nitrogens with two attached hydrogens (primary N) is 2. The fourth-order valence-corrected chi connectivity index (χ4v) is 1.75. The van der Waals surface area contributed by atoms with Gasteiger partial charge in [-0.25, -0.2) is 0 Å². The van der Waals surface area contributed by atoms with Gasteiger partial charge in [0.1, 0.15) is 0 Å². The van der Waals surface area contributed by atoms with Crippen LogP contribution in [-0.4, -0.2) is 6.54 Å². The summed E-state index contributed by atoms with van der Waals surface area (Å²) >= 11 is 0. The van der Waals surface area contributed by atoms with Crippen molar-refractivity contribution < 1.29 is 0 Å². The van der Waals surface area contributed by atoms with Gasteiger partial charge in [-0.3, -0.25) is 0 Å². The van der Waals surface area contributed by atoms with Crippen molar-refractivity contribution in [1.82, 2.24) is 0 Å². The van der Waals surface area contributed by atoms with Crippen LogP contribution >= 0.6 is 0 Å². The molecule has 0 aromatic heterocycles. The van der Waals surface area contributed by atoms with E-state index in [0.717, 1.165) is 5.56 Å². The van der Waals surface area contributed by atoms with E-state index in [1.165, 1.54) is 16.3 Å². The third-order valence-electron chi connectivity index (χ3n) is 2.70. The van der Waals surface area contributed by atoms with Gasteiger partial charge in [0.05, 0.1) is 0 Å². The molecule has 0 aliphatic heterocycles. The molecular weight excluding hydrogens is 184 g/mol. The van der Waals surface area contributed by atoms with Gasteiger partial charge in [-0.15, -0.1) is 0 Å². The molecule has 2 rings (SSSR count). The van der Waals surface area contributed by atoms with Crippen molar-refractivity contribution in [3.8, 4) is 0 Å². The molecule has 0 spiro atoms. The second-order valence-corrected chi connectivity index (χ2v) is 3.95. The Balaban J connectivity index is 2.54. The minimum Gasteiger partial charge on any atom is -0.329 e. The van der Waals surface area contributed by atoms with Crippen LogP contribution in [0.4, 0.5) is 0 Å². The molecule has 2 aromatic carbocycles. The number of benzene rings is 2. The molecule has 2 aromatic rings. The first kappa shape index (κ1) is 10.1. The van der Waals surface area contributed by atoms with Crippen molar-refractivity contribution in [2.24, 2.45) is 11.5 Å². The quantitative estimate of drug-likeness (QED) is 0.780. The van der Waals surface area contributed by atoms with Crippen molar-refractivity contribution in [2.45, 2.75) is 13.0 Å². The molecule has 0 heterocycles. The topological polar surface area (TPSA) is 52.0 Å². The highest BCUT2D eigenvalue weighted by atomic mass is 14.7. The molecule has 0 aliphatic carbocycles. The first-order valence-electron chi connectivity index (χ1n) is 5.16. The van der Waals surface area contributed by atoms with Crippen LogP contribution < -0.4 is 11.5 Å². The molecule has 0 amide bonds. The predicted molar refractivity (Wildman–Crippen MR) is 64.7 cm³/mol. The van der Waals surface area contributed by atoms with Gasteiger partial charge in [-0.1, -0.05) is 35.9 Å². The van der Waals surface area contributed by atoms with Crippen LogP contribution in [0.25, 0.3) is 10.8 Å². The number of hydrogen-bond acceptors (Lipinski definition) is 2. The Hall–Kier alpha value is -1.38. The van der Waals surface area contributed by atoms with Gasteiger partial charge in [0, 0.05) is 12.6 Å². The number of rotatable bonds is 2. The van der Waals surface area contributed by atoms with Crippen LogP contribution in [0.1, 0.15) is 17.2 Å². The van der Waals surface area contributed by atoms with Gasteiger partial charge in [0.25, 0.3) is 0 Å². The summed E-state index contributed by atoms with van der Waals surface area (Å²) in [5, 5.41) is 2.48. The van der Waals surface area contributed by atoms with Crippen LogP contribution in [0.2, 0.25) is 0 Å². The summed E-state index contributed by atoms with van der Waals surface area (Å²) in [5.74, 6) is 0. The standard InChI is InChI=1S/C13H16N2/c1-9-2-3-10-4-5-11(13(15)8-14)7-12(10)6-9/h2-7,13H,8,14-15H2,1H3/t13-/m1/s1. The smallest absolute Gasteiger partial charge is 0.0419 e. The average Bonchev–Trinajstić information content (AvgIpc) is 2.27. The Kier molecular flexibility index (Phi) is 2.71. The predicted octanol–water partition coefficient (Wildman–Crippen LogP) is 2.11. The van der Waals surface area contributed by atoms with Crippen LogP contribution in [0, 0.1) is 6.92 Å². The van der Waals surface area contributed by atoms with Crippen molar-refractivity contribution in [3.63, 3.8) is 0 Å². The lowest BCUT2D eigenvalue weighted by molar-refractivity contribution is 0.738. The third kappa shape index (κ3) is 2.01. The summed E-state index contributed by atoms with van der Waals surface area (Å²) in [6, 6.07) is 12.6. The Morgan fingerprint density at radius 1 is 1.07 bits per heavy atom. The van der Waals surface area contributed by atoms with Crippen molar-refractivity contribution >= 4 is 10.8 Å². The molecule has 15 heavy (non-hydrogen) atoms. The molecule has 0 saturated heterocycles. The summed E-state index contributed by atoms with van der Waals surface area (Å²) in [6.07, 6.45) is 0. The molecule has 0 aliphatic rings. The highest BCUT2D eigenvalue weighted by Gasteiger charge is 2.03. The summed E-state index contributed by atoms with van der Waals surface area (Å²) in [4.78, 5) is 0. The van der Waals surface area contributed by atoms with Crippen molar-refractivity contribution in [1.29, 1.82) is 0 Å². The zero-order valence-corrected chi connectivity index (χ0v) is 8.90. The fourth-order valence-electron chi connectivity index (χ4n) is 1.75. The Bertz CT molecular complexity index is 477. The average molecular weight is 200 g/mol. The maximum absolute atomic E-state index is 5.90.